The van der Waals surface area contributed by atoms with Crippen molar-refractivity contribution in [2.45, 2.75) is 51.8 Å². The molecule has 3 unspecified atom stereocenters. The van der Waals surface area contributed by atoms with Gasteiger partial charge in [0.2, 0.25) is 0 Å². The summed E-state index contributed by atoms with van der Waals surface area (Å²) in [5.74, 6) is -0.292. The number of para-hydroxylation sites is 1. The minimum atomic E-state index is -0.553. The first-order chi connectivity index (χ1) is 11.8. The Labute approximate surface area is 148 Å². The molecule has 2 heterocycles. The number of nitrogens with zero attached hydrogens (tertiary/aromatic N) is 1. The average molecular weight is 346 g/mol. The standard InChI is InChI=1S/C19H26N2O4/c1-5-24-17(22)15-13-10-11-21(18(23)25-19(2,3)4)16(13)12-8-6-7-9-14(12)20-15/h6-9,13,15-16,20H,5,10-11H2,1-4H3. The van der Waals surface area contributed by atoms with Crippen LogP contribution in [0.3, 0.4) is 0 Å². The lowest BCUT2D eigenvalue weighted by atomic mass is 9.83. The number of carbonyl (C=O) groups is 2. The number of nitrogens with one attached hydrogen (secondary N) is 1. The summed E-state index contributed by atoms with van der Waals surface area (Å²) < 4.78 is 10.8. The minimum Gasteiger partial charge on any atom is -0.464 e. The number of fused-ring (bicyclic) bond motifs is 3. The maximum Gasteiger partial charge on any atom is 0.410 e. The monoisotopic (exact) mass is 346 g/mol. The van der Waals surface area contributed by atoms with E-state index in [2.05, 4.69) is 5.32 Å². The van der Waals surface area contributed by atoms with Crippen LogP contribution < -0.4 is 5.32 Å². The molecule has 0 aromatic heterocycles. The second kappa shape index (κ2) is 6.58. The largest absolute Gasteiger partial charge is 0.464 e. The lowest BCUT2D eigenvalue weighted by Crippen LogP contribution is -2.46. The third kappa shape index (κ3) is 3.43. The molecule has 2 aliphatic heterocycles. The number of carbonyl (C=O) groups excluding carboxylic acids is 2. The number of esters is 1. The van der Waals surface area contributed by atoms with Gasteiger partial charge < -0.3 is 19.7 Å². The van der Waals surface area contributed by atoms with Gasteiger partial charge in [0.15, 0.2) is 0 Å². The van der Waals surface area contributed by atoms with Crippen molar-refractivity contribution in [3.8, 4) is 0 Å². The van der Waals surface area contributed by atoms with Crippen molar-refractivity contribution in [2.24, 2.45) is 5.92 Å². The van der Waals surface area contributed by atoms with E-state index in [-0.39, 0.29) is 24.0 Å². The van der Waals surface area contributed by atoms with E-state index in [9.17, 15) is 9.59 Å². The van der Waals surface area contributed by atoms with Crippen LogP contribution in [0.2, 0.25) is 0 Å². The highest BCUT2D eigenvalue weighted by atomic mass is 16.6. The summed E-state index contributed by atoms with van der Waals surface area (Å²) in [6.07, 6.45) is 0.397. The Bertz CT molecular complexity index is 668. The van der Waals surface area contributed by atoms with Gasteiger partial charge in [0.1, 0.15) is 11.6 Å². The Balaban J connectivity index is 1.93. The van der Waals surface area contributed by atoms with E-state index in [1.54, 1.807) is 11.8 Å². The summed E-state index contributed by atoms with van der Waals surface area (Å²) in [6.45, 7) is 8.28. The van der Waals surface area contributed by atoms with Crippen LogP contribution in [0.15, 0.2) is 24.3 Å². The normalized spacial score (nSPS) is 24.8. The first-order valence-corrected chi connectivity index (χ1v) is 8.83. The van der Waals surface area contributed by atoms with E-state index in [1.807, 2.05) is 45.0 Å². The molecule has 1 saturated heterocycles. The second-order valence-electron chi connectivity index (χ2n) is 7.53. The maximum atomic E-state index is 12.7. The average Bonchev–Trinajstić information content (AvgIpc) is 2.98. The van der Waals surface area contributed by atoms with Crippen molar-refractivity contribution in [2.75, 3.05) is 18.5 Å². The molecule has 3 atom stereocenters. The summed E-state index contributed by atoms with van der Waals surface area (Å²) >= 11 is 0. The highest BCUT2D eigenvalue weighted by Crippen LogP contribution is 2.46. The summed E-state index contributed by atoms with van der Waals surface area (Å²) in [5, 5.41) is 3.31. The van der Waals surface area contributed by atoms with Crippen molar-refractivity contribution in [1.29, 1.82) is 0 Å². The molecular weight excluding hydrogens is 320 g/mol. The molecule has 1 aromatic rings. The molecule has 0 radical (unpaired) electrons. The predicted molar refractivity (Wildman–Crippen MR) is 94.3 cm³/mol. The maximum absolute atomic E-state index is 12.7. The van der Waals surface area contributed by atoms with Crippen LogP contribution in [0.5, 0.6) is 0 Å². The number of anilines is 1. The van der Waals surface area contributed by atoms with Gasteiger partial charge in [0.25, 0.3) is 0 Å². The number of rotatable bonds is 2. The molecule has 1 aromatic carbocycles. The quantitative estimate of drug-likeness (QED) is 0.832. The Morgan fingerprint density at radius 2 is 2.00 bits per heavy atom. The fourth-order valence-corrected chi connectivity index (χ4v) is 3.72. The molecule has 25 heavy (non-hydrogen) atoms. The molecule has 6 heteroatoms. The summed E-state index contributed by atoms with van der Waals surface area (Å²) in [4.78, 5) is 26.9. The lowest BCUT2D eigenvalue weighted by molar-refractivity contribution is -0.145. The van der Waals surface area contributed by atoms with Gasteiger partial charge in [-0.25, -0.2) is 9.59 Å². The summed E-state index contributed by atoms with van der Waals surface area (Å²) in [6, 6.07) is 7.18. The van der Waals surface area contributed by atoms with Crippen molar-refractivity contribution in [1.82, 2.24) is 4.90 Å². The predicted octanol–water partition coefficient (Wildman–Crippen LogP) is 3.34. The van der Waals surface area contributed by atoms with Crippen LogP contribution in [0.4, 0.5) is 10.5 Å². The zero-order chi connectivity index (χ0) is 18.2. The Hall–Kier alpha value is -2.24. The van der Waals surface area contributed by atoms with Crippen molar-refractivity contribution < 1.29 is 19.1 Å². The fraction of sp³-hybridized carbons (Fsp3) is 0.579. The van der Waals surface area contributed by atoms with E-state index in [0.717, 1.165) is 17.7 Å². The van der Waals surface area contributed by atoms with Crippen LogP contribution in [0.1, 0.15) is 45.7 Å². The SMILES string of the molecule is CCOC(=O)C1Nc2ccccc2C2C1CCN2C(=O)OC(C)(C)C. The Morgan fingerprint density at radius 1 is 1.28 bits per heavy atom. The lowest BCUT2D eigenvalue weighted by Gasteiger charge is -2.38. The summed E-state index contributed by atoms with van der Waals surface area (Å²) in [7, 11) is 0. The molecule has 1 amide bonds. The van der Waals surface area contributed by atoms with Gasteiger partial charge in [-0.3, -0.25) is 0 Å². The number of hydrogen-bond acceptors (Lipinski definition) is 5. The van der Waals surface area contributed by atoms with Gasteiger partial charge in [-0.2, -0.15) is 0 Å². The zero-order valence-electron chi connectivity index (χ0n) is 15.2. The molecule has 1 N–H and O–H groups in total. The van der Waals surface area contributed by atoms with Gasteiger partial charge in [-0.1, -0.05) is 18.2 Å². The highest BCUT2D eigenvalue weighted by Gasteiger charge is 2.49. The van der Waals surface area contributed by atoms with Gasteiger partial charge >= 0.3 is 12.1 Å². The number of likely N-dealkylation sites (tertiary alicyclic amines) is 1. The molecule has 6 nitrogen and oxygen atoms in total. The topological polar surface area (TPSA) is 67.9 Å². The zero-order valence-corrected chi connectivity index (χ0v) is 15.2. The van der Waals surface area contributed by atoms with E-state index in [0.29, 0.717) is 13.2 Å². The second-order valence-corrected chi connectivity index (χ2v) is 7.53. The van der Waals surface area contributed by atoms with Crippen molar-refractivity contribution in [3.63, 3.8) is 0 Å². The fourth-order valence-electron chi connectivity index (χ4n) is 3.72. The van der Waals surface area contributed by atoms with Crippen LogP contribution >= 0.6 is 0 Å². The molecule has 0 aliphatic carbocycles. The van der Waals surface area contributed by atoms with Gasteiger partial charge in [0.05, 0.1) is 12.6 Å². The highest BCUT2D eigenvalue weighted by molar-refractivity contribution is 5.82. The van der Waals surface area contributed by atoms with Crippen molar-refractivity contribution in [3.05, 3.63) is 29.8 Å². The Kier molecular flexibility index (Phi) is 4.62. The number of amides is 1. The van der Waals surface area contributed by atoms with Crippen LogP contribution in [0.25, 0.3) is 0 Å². The molecule has 2 aliphatic rings. The summed E-state index contributed by atoms with van der Waals surface area (Å²) in [5.41, 5.74) is 1.34. The molecular formula is C19H26N2O4. The molecule has 136 valence electrons. The Morgan fingerprint density at radius 3 is 2.68 bits per heavy atom. The van der Waals surface area contributed by atoms with E-state index < -0.39 is 11.6 Å². The third-order valence-electron chi connectivity index (χ3n) is 4.63. The molecule has 0 spiro atoms. The molecule has 0 saturated carbocycles. The number of hydrogen-bond donors (Lipinski definition) is 1. The molecule has 3 rings (SSSR count). The smallest absolute Gasteiger partial charge is 0.410 e. The van der Waals surface area contributed by atoms with Gasteiger partial charge in [-0.15, -0.1) is 0 Å². The molecule has 1 fully saturated rings. The van der Waals surface area contributed by atoms with Crippen LogP contribution in [0, 0.1) is 5.92 Å². The van der Waals surface area contributed by atoms with Crippen LogP contribution in [-0.4, -0.2) is 41.8 Å². The van der Waals surface area contributed by atoms with E-state index >= 15 is 0 Å². The first kappa shape index (κ1) is 17.6. The van der Waals surface area contributed by atoms with Gasteiger partial charge in [0, 0.05) is 18.2 Å². The van der Waals surface area contributed by atoms with Crippen LogP contribution in [-0.2, 0) is 14.3 Å². The van der Waals surface area contributed by atoms with Crippen molar-refractivity contribution >= 4 is 17.7 Å². The molecule has 0 bridgehead atoms. The number of ether oxygens (including phenoxy) is 2. The van der Waals surface area contributed by atoms with E-state index in [4.69, 9.17) is 9.47 Å². The number of benzene rings is 1. The van der Waals surface area contributed by atoms with E-state index in [1.165, 1.54) is 0 Å². The minimum absolute atomic E-state index is 0.0264. The first-order valence-electron chi connectivity index (χ1n) is 8.83. The van der Waals surface area contributed by atoms with Gasteiger partial charge in [-0.05, 0) is 45.7 Å². The third-order valence-corrected chi connectivity index (χ3v) is 4.63.